The second-order valence-corrected chi connectivity index (χ2v) is 5.75. The average molecular weight is 298 g/mol. The number of rotatable bonds is 7. The maximum Gasteiger partial charge on any atom is 0.328 e. The van der Waals surface area contributed by atoms with Gasteiger partial charge in [0.2, 0.25) is 0 Å². The zero-order valence-electron chi connectivity index (χ0n) is 11.4. The highest BCUT2D eigenvalue weighted by atomic mass is 32.2. The van der Waals surface area contributed by atoms with Crippen molar-refractivity contribution in [1.82, 2.24) is 4.72 Å². The monoisotopic (exact) mass is 298 g/mol. The Balaban J connectivity index is 2.94. The molecule has 20 heavy (non-hydrogen) atoms. The summed E-state index contributed by atoms with van der Waals surface area (Å²) in [5, 5.41) is 8.57. The first-order valence-corrected chi connectivity index (χ1v) is 7.61. The Bertz CT molecular complexity index is 609. The van der Waals surface area contributed by atoms with Crippen molar-refractivity contribution in [2.24, 2.45) is 0 Å². The number of carboxylic acid groups (broad SMARTS) is 1. The molecule has 0 heterocycles. The van der Waals surface area contributed by atoms with Crippen LogP contribution < -0.4 is 9.44 Å². The molecule has 1 rings (SSSR count). The summed E-state index contributed by atoms with van der Waals surface area (Å²) >= 11 is 0. The summed E-state index contributed by atoms with van der Waals surface area (Å²) in [6.07, 6.45) is 3.10. The van der Waals surface area contributed by atoms with E-state index in [4.69, 9.17) is 5.11 Å². The molecule has 0 amide bonds. The van der Waals surface area contributed by atoms with Gasteiger partial charge in [0.1, 0.15) is 0 Å². The van der Waals surface area contributed by atoms with Gasteiger partial charge in [0.15, 0.2) is 0 Å². The standard InChI is InChI=1S/C13H18N2O4S/c1-3-8-14-20(18,19)15-12-9-11(5-4-10(12)2)6-7-13(16)17/h4-7,9,14-15H,3,8H2,1-2H3,(H,16,17)/b7-6+. The van der Waals surface area contributed by atoms with Crippen LogP contribution in [0.1, 0.15) is 24.5 Å². The highest BCUT2D eigenvalue weighted by Crippen LogP contribution is 2.18. The Labute approximate surface area is 118 Å². The zero-order valence-corrected chi connectivity index (χ0v) is 12.2. The third kappa shape index (κ3) is 5.41. The van der Waals surface area contributed by atoms with Crippen molar-refractivity contribution in [2.75, 3.05) is 11.3 Å². The first-order valence-electron chi connectivity index (χ1n) is 6.13. The van der Waals surface area contributed by atoms with Crippen LogP contribution in [-0.4, -0.2) is 26.0 Å². The molecule has 0 aliphatic carbocycles. The summed E-state index contributed by atoms with van der Waals surface area (Å²) in [7, 11) is -3.61. The van der Waals surface area contributed by atoms with E-state index in [1.54, 1.807) is 25.1 Å². The van der Waals surface area contributed by atoms with Crippen LogP contribution in [-0.2, 0) is 15.0 Å². The molecular formula is C13H18N2O4S. The fraction of sp³-hybridized carbons (Fsp3) is 0.308. The first kappa shape index (κ1) is 16.2. The molecule has 3 N–H and O–H groups in total. The van der Waals surface area contributed by atoms with Crippen molar-refractivity contribution in [3.05, 3.63) is 35.4 Å². The maximum atomic E-state index is 11.8. The van der Waals surface area contributed by atoms with Crippen molar-refractivity contribution >= 4 is 27.9 Å². The summed E-state index contributed by atoms with van der Waals surface area (Å²) in [5.41, 5.74) is 1.77. The molecule has 0 aromatic heterocycles. The van der Waals surface area contributed by atoms with E-state index in [0.717, 1.165) is 11.6 Å². The van der Waals surface area contributed by atoms with Gasteiger partial charge in [0, 0.05) is 12.6 Å². The van der Waals surface area contributed by atoms with E-state index in [9.17, 15) is 13.2 Å². The normalized spacial score (nSPS) is 11.7. The van der Waals surface area contributed by atoms with Crippen molar-refractivity contribution in [3.63, 3.8) is 0 Å². The Kier molecular flexibility index (Phi) is 5.72. The van der Waals surface area contributed by atoms with Gasteiger partial charge in [0.25, 0.3) is 10.2 Å². The minimum Gasteiger partial charge on any atom is -0.478 e. The molecule has 0 unspecified atom stereocenters. The average Bonchev–Trinajstić information content (AvgIpc) is 2.37. The maximum absolute atomic E-state index is 11.8. The van der Waals surface area contributed by atoms with Gasteiger partial charge in [0.05, 0.1) is 5.69 Å². The molecule has 0 aliphatic heterocycles. The van der Waals surface area contributed by atoms with E-state index >= 15 is 0 Å². The number of carboxylic acids is 1. The Morgan fingerprint density at radius 2 is 2.10 bits per heavy atom. The lowest BCUT2D eigenvalue weighted by Gasteiger charge is -2.11. The second kappa shape index (κ2) is 7.06. The van der Waals surface area contributed by atoms with Crippen LogP contribution in [0.15, 0.2) is 24.3 Å². The number of aliphatic carboxylic acids is 1. The lowest BCUT2D eigenvalue weighted by molar-refractivity contribution is -0.131. The lowest BCUT2D eigenvalue weighted by Crippen LogP contribution is -2.30. The Morgan fingerprint density at radius 1 is 1.40 bits per heavy atom. The van der Waals surface area contributed by atoms with Gasteiger partial charge in [-0.15, -0.1) is 0 Å². The van der Waals surface area contributed by atoms with Crippen LogP contribution in [0.3, 0.4) is 0 Å². The van der Waals surface area contributed by atoms with Crippen molar-refractivity contribution in [3.8, 4) is 0 Å². The van der Waals surface area contributed by atoms with E-state index in [1.165, 1.54) is 6.08 Å². The quantitative estimate of drug-likeness (QED) is 0.668. The summed E-state index contributed by atoms with van der Waals surface area (Å²) in [6.45, 7) is 3.99. The van der Waals surface area contributed by atoms with Crippen LogP contribution in [0, 0.1) is 6.92 Å². The van der Waals surface area contributed by atoms with Gasteiger partial charge < -0.3 is 5.11 Å². The van der Waals surface area contributed by atoms with Crippen LogP contribution in [0.25, 0.3) is 6.08 Å². The van der Waals surface area contributed by atoms with Crippen LogP contribution in [0.4, 0.5) is 5.69 Å². The summed E-state index contributed by atoms with van der Waals surface area (Å²) in [6, 6.07) is 5.02. The smallest absolute Gasteiger partial charge is 0.328 e. The summed E-state index contributed by atoms with van der Waals surface area (Å²) in [4.78, 5) is 10.5. The predicted molar refractivity (Wildman–Crippen MR) is 78.7 cm³/mol. The zero-order chi connectivity index (χ0) is 15.2. The fourth-order valence-corrected chi connectivity index (χ4v) is 2.49. The Morgan fingerprint density at radius 3 is 2.70 bits per heavy atom. The van der Waals surface area contributed by atoms with Gasteiger partial charge >= 0.3 is 5.97 Å². The largest absolute Gasteiger partial charge is 0.478 e. The molecule has 0 atom stereocenters. The number of aryl methyl sites for hydroxylation is 1. The van der Waals surface area contributed by atoms with E-state index in [-0.39, 0.29) is 0 Å². The van der Waals surface area contributed by atoms with Gasteiger partial charge in [-0.05, 0) is 36.6 Å². The van der Waals surface area contributed by atoms with E-state index in [0.29, 0.717) is 24.2 Å². The Hall–Kier alpha value is -1.86. The molecule has 0 fully saturated rings. The molecule has 1 aromatic carbocycles. The number of anilines is 1. The van der Waals surface area contributed by atoms with Crippen molar-refractivity contribution in [2.45, 2.75) is 20.3 Å². The molecule has 6 nitrogen and oxygen atoms in total. The predicted octanol–water partition coefficient (Wildman–Crippen LogP) is 1.75. The highest BCUT2D eigenvalue weighted by molar-refractivity contribution is 7.90. The van der Waals surface area contributed by atoms with E-state index < -0.39 is 16.2 Å². The molecule has 0 saturated heterocycles. The van der Waals surface area contributed by atoms with Gasteiger partial charge in [-0.3, -0.25) is 4.72 Å². The SMILES string of the molecule is CCCNS(=O)(=O)Nc1cc(/C=C/C(=O)O)ccc1C. The molecule has 7 heteroatoms. The summed E-state index contributed by atoms with van der Waals surface area (Å²) in [5.74, 6) is -1.06. The number of nitrogens with one attached hydrogen (secondary N) is 2. The lowest BCUT2D eigenvalue weighted by atomic mass is 10.1. The minimum absolute atomic E-state index is 0.354. The molecule has 0 saturated carbocycles. The summed E-state index contributed by atoms with van der Waals surface area (Å²) < 4.78 is 28.3. The van der Waals surface area contributed by atoms with Crippen LogP contribution in [0.5, 0.6) is 0 Å². The number of hydrogen-bond donors (Lipinski definition) is 3. The third-order valence-electron chi connectivity index (χ3n) is 2.47. The van der Waals surface area contributed by atoms with E-state index in [1.807, 2.05) is 6.92 Å². The van der Waals surface area contributed by atoms with Crippen molar-refractivity contribution < 1.29 is 18.3 Å². The molecule has 0 radical (unpaired) electrons. The molecule has 0 bridgehead atoms. The van der Waals surface area contributed by atoms with Crippen LogP contribution >= 0.6 is 0 Å². The van der Waals surface area contributed by atoms with Gasteiger partial charge in [-0.25, -0.2) is 4.79 Å². The van der Waals surface area contributed by atoms with Gasteiger partial charge in [-0.2, -0.15) is 13.1 Å². The van der Waals surface area contributed by atoms with Gasteiger partial charge in [-0.1, -0.05) is 19.1 Å². The topological polar surface area (TPSA) is 95.5 Å². The fourth-order valence-electron chi connectivity index (χ4n) is 1.44. The molecule has 110 valence electrons. The van der Waals surface area contributed by atoms with Crippen LogP contribution in [0.2, 0.25) is 0 Å². The number of hydrogen-bond acceptors (Lipinski definition) is 3. The van der Waals surface area contributed by atoms with Crippen molar-refractivity contribution in [1.29, 1.82) is 0 Å². The molecule has 0 spiro atoms. The molecular weight excluding hydrogens is 280 g/mol. The molecule has 0 aliphatic rings. The highest BCUT2D eigenvalue weighted by Gasteiger charge is 2.10. The second-order valence-electron chi connectivity index (χ2n) is 4.25. The number of benzene rings is 1. The minimum atomic E-state index is -3.61. The third-order valence-corrected chi connectivity index (χ3v) is 3.54. The number of carbonyl (C=O) groups is 1. The first-order chi connectivity index (χ1) is 9.34. The molecule has 1 aromatic rings. The van der Waals surface area contributed by atoms with E-state index in [2.05, 4.69) is 9.44 Å².